The molecule has 1 aliphatic rings. The predicted molar refractivity (Wildman–Crippen MR) is 83.6 cm³/mol. The van der Waals surface area contributed by atoms with Crippen LogP contribution in [0.4, 0.5) is 5.69 Å². The van der Waals surface area contributed by atoms with Gasteiger partial charge in [0, 0.05) is 11.1 Å². The van der Waals surface area contributed by atoms with E-state index in [4.69, 9.17) is 22.1 Å². The Morgan fingerprint density at radius 2 is 2.10 bits per heavy atom. The lowest BCUT2D eigenvalue weighted by Crippen LogP contribution is -2.01. The Morgan fingerprint density at radius 3 is 2.67 bits per heavy atom. The van der Waals surface area contributed by atoms with Crippen molar-refractivity contribution in [2.24, 2.45) is 21.0 Å². The van der Waals surface area contributed by atoms with Gasteiger partial charge in [-0.2, -0.15) is 5.11 Å². The number of aliphatic imine (C=N–C) groups is 1. The minimum absolute atomic E-state index is 0.0464. The molecule has 0 atom stereocenters. The maximum Gasteiger partial charge on any atom is 0.211 e. The van der Waals surface area contributed by atoms with Crippen LogP contribution in [0, 0.1) is 6.92 Å². The number of ether oxygens (including phenoxy) is 1. The molecule has 0 radical (unpaired) electrons. The van der Waals surface area contributed by atoms with Crippen LogP contribution in [0.2, 0.25) is 0 Å². The number of phenolic OH excluding ortho intramolecular Hbond substituents is 2. The third-order valence-corrected chi connectivity index (χ3v) is 3.23. The first-order chi connectivity index (χ1) is 9.88. The highest BCUT2D eigenvalue weighted by Gasteiger charge is 2.30. The molecule has 110 valence electrons. The Bertz CT molecular complexity index is 728. The average molecular weight is 327 g/mol. The molecule has 4 N–H and O–H groups in total. The van der Waals surface area contributed by atoms with E-state index in [-0.39, 0.29) is 44.4 Å². The largest absolute Gasteiger partial charge is 0.505 e. The molecule has 1 aliphatic heterocycles. The van der Waals surface area contributed by atoms with Crippen LogP contribution in [0.5, 0.6) is 17.2 Å². The molecule has 0 spiro atoms. The molecule has 0 amide bonds. The van der Waals surface area contributed by atoms with Crippen molar-refractivity contribution in [3.05, 3.63) is 17.3 Å². The Labute approximate surface area is 130 Å². The lowest BCUT2D eigenvalue weighted by molar-refractivity contribution is 0.365. The zero-order valence-electron chi connectivity index (χ0n) is 11.1. The Hall–Kier alpha value is -2.19. The summed E-state index contributed by atoms with van der Waals surface area (Å²) in [6, 6.07) is 0. The first-order valence-electron chi connectivity index (χ1n) is 5.66. The molecule has 0 aromatic heterocycles. The topological polar surface area (TPSA) is 113 Å². The highest BCUT2D eigenvalue weighted by Crippen LogP contribution is 2.53. The molecule has 2 rings (SSSR count). The van der Waals surface area contributed by atoms with E-state index in [0.29, 0.717) is 5.56 Å². The lowest BCUT2D eigenvalue weighted by Gasteiger charge is -2.13. The number of rotatable bonds is 2. The van der Waals surface area contributed by atoms with E-state index in [9.17, 15) is 10.2 Å². The standard InChI is InChI=1S/C12H11ClN4O3S/c1-4-8(18)7-6(9(19)10(4)20-2)5(11(13)16-7)3-15-17-12(14)21/h3,18-19H,1-2H3,(H2,14,21)/b5-3-,17-15?. The van der Waals surface area contributed by atoms with Crippen molar-refractivity contribution < 1.29 is 14.9 Å². The number of nitrogens with zero attached hydrogens (tertiary/aromatic N) is 3. The van der Waals surface area contributed by atoms with E-state index in [1.807, 2.05) is 0 Å². The van der Waals surface area contributed by atoms with E-state index in [2.05, 4.69) is 27.4 Å². The molecule has 0 fully saturated rings. The van der Waals surface area contributed by atoms with E-state index < -0.39 is 0 Å². The summed E-state index contributed by atoms with van der Waals surface area (Å²) in [5.41, 5.74) is 6.18. The zero-order valence-corrected chi connectivity index (χ0v) is 12.7. The number of thiocarbonyl (C=S) groups is 1. The van der Waals surface area contributed by atoms with Gasteiger partial charge in [-0.15, -0.1) is 5.11 Å². The van der Waals surface area contributed by atoms with Crippen LogP contribution in [0.15, 0.2) is 21.4 Å². The maximum atomic E-state index is 10.3. The summed E-state index contributed by atoms with van der Waals surface area (Å²) in [7, 11) is 1.38. The Balaban J connectivity index is 2.67. The number of benzene rings is 1. The molecule has 0 bridgehead atoms. The van der Waals surface area contributed by atoms with Crippen LogP contribution in [0.1, 0.15) is 11.1 Å². The van der Waals surface area contributed by atoms with Crippen LogP contribution in [0.25, 0.3) is 5.57 Å². The number of methoxy groups -OCH3 is 1. The summed E-state index contributed by atoms with van der Waals surface area (Å²) in [5, 5.41) is 27.4. The van der Waals surface area contributed by atoms with Gasteiger partial charge in [0.05, 0.1) is 18.9 Å². The quantitative estimate of drug-likeness (QED) is 0.439. The van der Waals surface area contributed by atoms with Crippen molar-refractivity contribution in [3.63, 3.8) is 0 Å². The molecule has 1 aromatic carbocycles. The van der Waals surface area contributed by atoms with Crippen LogP contribution in [-0.2, 0) is 0 Å². The summed E-state index contributed by atoms with van der Waals surface area (Å²) in [6.07, 6.45) is 1.24. The van der Waals surface area contributed by atoms with Gasteiger partial charge >= 0.3 is 0 Å². The molecule has 0 saturated carbocycles. The summed E-state index contributed by atoms with van der Waals surface area (Å²) in [4.78, 5) is 4.01. The van der Waals surface area contributed by atoms with E-state index in [1.54, 1.807) is 6.92 Å². The van der Waals surface area contributed by atoms with Crippen molar-refractivity contribution in [1.29, 1.82) is 0 Å². The number of phenols is 2. The minimum Gasteiger partial charge on any atom is -0.505 e. The highest BCUT2D eigenvalue weighted by atomic mass is 35.5. The summed E-state index contributed by atoms with van der Waals surface area (Å²) < 4.78 is 5.08. The van der Waals surface area contributed by atoms with Crippen molar-refractivity contribution in [1.82, 2.24) is 0 Å². The van der Waals surface area contributed by atoms with E-state index in [1.165, 1.54) is 13.3 Å². The third kappa shape index (κ3) is 2.55. The molecule has 1 aromatic rings. The number of fused-ring (bicyclic) bond motifs is 1. The minimum atomic E-state index is -0.195. The van der Waals surface area contributed by atoms with Gasteiger partial charge in [-0.1, -0.05) is 11.6 Å². The number of aromatic hydroxyl groups is 2. The van der Waals surface area contributed by atoms with Crippen molar-refractivity contribution in [2.45, 2.75) is 6.92 Å². The normalized spacial score (nSPS) is 15.4. The van der Waals surface area contributed by atoms with Gasteiger partial charge in [0.25, 0.3) is 0 Å². The molecule has 9 heteroatoms. The Morgan fingerprint density at radius 1 is 1.43 bits per heavy atom. The van der Waals surface area contributed by atoms with Crippen molar-refractivity contribution >= 4 is 45.4 Å². The smallest absolute Gasteiger partial charge is 0.211 e. The fourth-order valence-electron chi connectivity index (χ4n) is 1.94. The second-order valence-electron chi connectivity index (χ2n) is 4.08. The highest BCUT2D eigenvalue weighted by molar-refractivity contribution is 7.80. The van der Waals surface area contributed by atoms with Gasteiger partial charge < -0.3 is 20.7 Å². The first-order valence-corrected chi connectivity index (χ1v) is 6.45. The number of hydrogen-bond acceptors (Lipinski definition) is 6. The summed E-state index contributed by atoms with van der Waals surface area (Å²) in [5.74, 6) is -0.198. The van der Waals surface area contributed by atoms with Crippen molar-refractivity contribution in [3.8, 4) is 17.2 Å². The van der Waals surface area contributed by atoms with Crippen LogP contribution in [-0.4, -0.2) is 27.6 Å². The van der Waals surface area contributed by atoms with Gasteiger partial charge in [-0.25, -0.2) is 4.99 Å². The zero-order chi connectivity index (χ0) is 15.7. The van der Waals surface area contributed by atoms with E-state index >= 15 is 0 Å². The fourth-order valence-corrected chi connectivity index (χ4v) is 2.22. The number of halogens is 1. The average Bonchev–Trinajstić information content (AvgIpc) is 2.74. The summed E-state index contributed by atoms with van der Waals surface area (Å²) in [6.45, 7) is 1.59. The molecular weight excluding hydrogens is 316 g/mol. The fraction of sp³-hybridized carbons (Fsp3) is 0.167. The summed E-state index contributed by atoms with van der Waals surface area (Å²) >= 11 is 10.6. The molecule has 1 heterocycles. The molecule has 0 aliphatic carbocycles. The van der Waals surface area contributed by atoms with E-state index in [0.717, 1.165) is 0 Å². The van der Waals surface area contributed by atoms with Gasteiger partial charge in [-0.3, -0.25) is 0 Å². The molecule has 0 saturated heterocycles. The molecule has 0 unspecified atom stereocenters. The predicted octanol–water partition coefficient (Wildman–Crippen LogP) is 2.73. The number of hydrogen-bond donors (Lipinski definition) is 3. The van der Waals surface area contributed by atoms with Gasteiger partial charge in [-0.05, 0) is 19.1 Å². The lowest BCUT2D eigenvalue weighted by atomic mass is 10.0. The number of allylic oxidation sites excluding steroid dienone is 1. The Kier molecular flexibility index (Phi) is 4.10. The van der Waals surface area contributed by atoms with Gasteiger partial charge in [0.1, 0.15) is 16.6 Å². The number of nitrogens with two attached hydrogens (primary N) is 1. The molecule has 7 nitrogen and oxygen atoms in total. The van der Waals surface area contributed by atoms with Gasteiger partial charge in [0.2, 0.25) is 5.11 Å². The second kappa shape index (κ2) is 5.66. The number of azo groups is 1. The first kappa shape index (κ1) is 15.2. The van der Waals surface area contributed by atoms with Gasteiger partial charge in [0.15, 0.2) is 11.5 Å². The third-order valence-electron chi connectivity index (χ3n) is 2.86. The van der Waals surface area contributed by atoms with Crippen molar-refractivity contribution in [2.75, 3.05) is 7.11 Å². The second-order valence-corrected chi connectivity index (χ2v) is 4.85. The SMILES string of the molecule is COc1c(C)c(O)c2c(c1O)/C(=C/N=NC(N)=S)C(Cl)=N2. The molecular formula is C12H11ClN4O3S. The van der Waals surface area contributed by atoms with Crippen LogP contribution in [0.3, 0.4) is 0 Å². The monoisotopic (exact) mass is 326 g/mol. The van der Waals surface area contributed by atoms with Crippen LogP contribution >= 0.6 is 23.8 Å². The van der Waals surface area contributed by atoms with Crippen LogP contribution < -0.4 is 10.5 Å². The molecule has 21 heavy (non-hydrogen) atoms. The maximum absolute atomic E-state index is 10.3.